The van der Waals surface area contributed by atoms with Crippen molar-refractivity contribution in [3.8, 4) is 23.0 Å². The molecule has 0 saturated carbocycles. The molecule has 7 nitrogen and oxygen atoms in total. The van der Waals surface area contributed by atoms with Gasteiger partial charge in [0.05, 0.1) is 22.4 Å². The van der Waals surface area contributed by atoms with Gasteiger partial charge in [-0.15, -0.1) is 0 Å². The fourth-order valence-electron chi connectivity index (χ4n) is 6.57. The Morgan fingerprint density at radius 3 is 2.09 bits per heavy atom. The zero-order valence-corrected chi connectivity index (χ0v) is 25.1. The molecule has 7 heteroatoms. The number of phenolic OH excluding ortho intramolecular Hbond substituents is 2. The Kier molecular flexibility index (Phi) is 9.59. The van der Waals surface area contributed by atoms with Crippen LogP contribution in [0.2, 0.25) is 0 Å². The largest absolute Gasteiger partial charge is 0.508 e. The summed E-state index contributed by atoms with van der Waals surface area (Å²) in [6.45, 7) is 2.25. The third-order valence-electron chi connectivity index (χ3n) is 8.78. The average Bonchev–Trinajstić information content (AvgIpc) is 3.27. The normalized spacial score (nSPS) is 16.3. The van der Waals surface area contributed by atoms with Crippen LogP contribution in [0.5, 0.6) is 23.0 Å². The Balaban J connectivity index is 1.27. The van der Waals surface area contributed by atoms with Crippen LogP contribution in [0.1, 0.15) is 134 Å². The smallest absolute Gasteiger partial charge is 0.340 e. The van der Waals surface area contributed by atoms with Gasteiger partial charge < -0.3 is 25.4 Å². The van der Waals surface area contributed by atoms with Crippen LogP contribution >= 0.6 is 0 Å². The van der Waals surface area contributed by atoms with E-state index in [1.54, 1.807) is 30.3 Å². The van der Waals surface area contributed by atoms with E-state index in [-0.39, 0.29) is 46.5 Å². The molecule has 1 unspecified atom stereocenters. The summed E-state index contributed by atoms with van der Waals surface area (Å²) in [7, 11) is 0. The summed E-state index contributed by atoms with van der Waals surface area (Å²) in [5.74, 6) is -0.680. The molecule has 2 aliphatic heterocycles. The van der Waals surface area contributed by atoms with E-state index in [0.29, 0.717) is 28.7 Å². The standard InChI is InChI=1S/C36H43NO6/c1-2-3-4-5-6-7-8-9-10-11-12-13-14-19-28(39)32-29(40)23-31-33(34(32)37)36(27-21-20-24(38)22-30(27)42-31)26-18-16-15-17-25(26)35(41)43-36/h15-18,20-23,38,40H,2-14,19,37H2,1H3. The number of anilines is 1. The molecule has 3 aromatic carbocycles. The lowest BCUT2D eigenvalue weighted by Crippen LogP contribution is -2.34. The van der Waals surface area contributed by atoms with Crippen molar-refractivity contribution in [3.05, 3.63) is 76.3 Å². The second kappa shape index (κ2) is 13.5. The summed E-state index contributed by atoms with van der Waals surface area (Å²) in [4.78, 5) is 26.6. The van der Waals surface area contributed by atoms with Gasteiger partial charge in [0.1, 0.15) is 23.0 Å². The summed E-state index contributed by atoms with van der Waals surface area (Å²) in [6.07, 6.45) is 16.0. The molecule has 0 amide bonds. The highest BCUT2D eigenvalue weighted by molar-refractivity contribution is 6.06. The number of ketones is 1. The zero-order valence-electron chi connectivity index (χ0n) is 25.1. The highest BCUT2D eigenvalue weighted by Crippen LogP contribution is 2.59. The molecule has 0 bridgehead atoms. The minimum absolute atomic E-state index is 0.0170. The number of phenols is 2. The lowest BCUT2D eigenvalue weighted by molar-refractivity contribution is 0.0226. The van der Waals surface area contributed by atoms with E-state index in [2.05, 4.69) is 6.92 Å². The fraction of sp³-hybridized carbons (Fsp3) is 0.444. The number of carbonyl (C=O) groups is 2. The van der Waals surface area contributed by atoms with Gasteiger partial charge in [-0.3, -0.25) is 4.79 Å². The van der Waals surface area contributed by atoms with Gasteiger partial charge in [0.25, 0.3) is 0 Å². The molecule has 2 heterocycles. The number of fused-ring (bicyclic) bond motifs is 6. The number of Topliss-reactive ketones (excluding diaryl/α,β-unsaturated/α-hetero) is 1. The first-order chi connectivity index (χ1) is 20.9. The number of aromatic hydroxyl groups is 2. The highest BCUT2D eigenvalue weighted by Gasteiger charge is 2.55. The van der Waals surface area contributed by atoms with Crippen LogP contribution in [0.4, 0.5) is 5.69 Å². The monoisotopic (exact) mass is 585 g/mol. The van der Waals surface area contributed by atoms with Gasteiger partial charge in [0.15, 0.2) is 11.4 Å². The molecule has 0 radical (unpaired) electrons. The van der Waals surface area contributed by atoms with Crippen LogP contribution in [-0.2, 0) is 10.3 Å². The number of nitrogen functional groups attached to an aromatic ring is 1. The molecule has 5 rings (SSSR count). The van der Waals surface area contributed by atoms with Gasteiger partial charge in [0, 0.05) is 29.7 Å². The quantitative estimate of drug-likeness (QED) is 0.0705. The van der Waals surface area contributed by atoms with Crippen LogP contribution in [-0.4, -0.2) is 22.0 Å². The summed E-state index contributed by atoms with van der Waals surface area (Å²) in [5, 5.41) is 21.1. The number of ether oxygens (including phenoxy) is 2. The Bertz CT molecular complexity index is 1480. The molecule has 0 saturated heterocycles. The summed E-state index contributed by atoms with van der Waals surface area (Å²) < 4.78 is 12.2. The van der Waals surface area contributed by atoms with Gasteiger partial charge in [-0.2, -0.15) is 0 Å². The topological polar surface area (TPSA) is 119 Å². The third-order valence-corrected chi connectivity index (χ3v) is 8.78. The molecule has 1 atom stereocenters. The SMILES string of the molecule is CCCCCCCCCCCCCCCC(=O)c1c(O)cc2c(c1N)C1(OC(=O)c3ccccc31)c1ccc(O)cc1O2. The lowest BCUT2D eigenvalue weighted by atomic mass is 9.76. The Labute approximate surface area is 254 Å². The number of esters is 1. The minimum atomic E-state index is -1.49. The average molecular weight is 586 g/mol. The van der Waals surface area contributed by atoms with Crippen molar-refractivity contribution in [2.24, 2.45) is 0 Å². The molecule has 3 aromatic rings. The summed E-state index contributed by atoms with van der Waals surface area (Å²) in [5.41, 5.74) is 6.95. The van der Waals surface area contributed by atoms with Crippen molar-refractivity contribution in [3.63, 3.8) is 0 Å². The first-order valence-corrected chi connectivity index (χ1v) is 15.9. The number of unbranched alkanes of at least 4 members (excludes halogenated alkanes) is 12. The van der Waals surface area contributed by atoms with E-state index in [4.69, 9.17) is 15.2 Å². The molecule has 43 heavy (non-hydrogen) atoms. The molecule has 0 aliphatic carbocycles. The van der Waals surface area contributed by atoms with Crippen LogP contribution in [0.15, 0.2) is 48.5 Å². The summed E-state index contributed by atoms with van der Waals surface area (Å²) in [6, 6.07) is 12.9. The van der Waals surface area contributed by atoms with Crippen molar-refractivity contribution < 1.29 is 29.3 Å². The molecule has 0 fully saturated rings. The highest BCUT2D eigenvalue weighted by atomic mass is 16.6. The van der Waals surface area contributed by atoms with Crippen molar-refractivity contribution in [1.29, 1.82) is 0 Å². The number of rotatable bonds is 15. The molecular formula is C36H43NO6. The molecule has 228 valence electrons. The van der Waals surface area contributed by atoms with E-state index in [1.165, 1.54) is 76.0 Å². The minimum Gasteiger partial charge on any atom is -0.508 e. The van der Waals surface area contributed by atoms with E-state index >= 15 is 0 Å². The Morgan fingerprint density at radius 1 is 0.791 bits per heavy atom. The summed E-state index contributed by atoms with van der Waals surface area (Å²) >= 11 is 0. The predicted octanol–water partition coefficient (Wildman–Crippen LogP) is 8.91. The number of hydrogen-bond donors (Lipinski definition) is 3. The van der Waals surface area contributed by atoms with Crippen LogP contribution in [0.25, 0.3) is 0 Å². The van der Waals surface area contributed by atoms with E-state index in [9.17, 15) is 19.8 Å². The second-order valence-electron chi connectivity index (χ2n) is 11.9. The molecular weight excluding hydrogens is 542 g/mol. The first-order valence-electron chi connectivity index (χ1n) is 15.9. The number of nitrogens with two attached hydrogens (primary N) is 1. The van der Waals surface area contributed by atoms with Crippen LogP contribution in [0, 0.1) is 0 Å². The molecule has 2 aliphatic rings. The van der Waals surface area contributed by atoms with Crippen molar-refractivity contribution in [1.82, 2.24) is 0 Å². The number of carbonyl (C=O) groups excluding carboxylic acids is 2. The van der Waals surface area contributed by atoms with Crippen molar-refractivity contribution in [2.75, 3.05) is 5.73 Å². The van der Waals surface area contributed by atoms with E-state index < -0.39 is 11.6 Å². The maximum absolute atomic E-state index is 13.5. The van der Waals surface area contributed by atoms with Crippen molar-refractivity contribution >= 4 is 17.4 Å². The lowest BCUT2D eigenvalue weighted by Gasteiger charge is -2.37. The predicted molar refractivity (Wildman–Crippen MR) is 167 cm³/mol. The van der Waals surface area contributed by atoms with Gasteiger partial charge in [-0.25, -0.2) is 4.79 Å². The second-order valence-corrected chi connectivity index (χ2v) is 11.9. The first kappa shape index (κ1) is 30.5. The maximum Gasteiger partial charge on any atom is 0.340 e. The van der Waals surface area contributed by atoms with Crippen LogP contribution < -0.4 is 10.5 Å². The number of hydrogen-bond acceptors (Lipinski definition) is 7. The maximum atomic E-state index is 13.5. The van der Waals surface area contributed by atoms with E-state index in [0.717, 1.165) is 19.3 Å². The van der Waals surface area contributed by atoms with Gasteiger partial charge in [-0.05, 0) is 24.6 Å². The molecule has 4 N–H and O–H groups in total. The van der Waals surface area contributed by atoms with Gasteiger partial charge in [0.2, 0.25) is 0 Å². The van der Waals surface area contributed by atoms with Crippen LogP contribution in [0.3, 0.4) is 0 Å². The van der Waals surface area contributed by atoms with E-state index in [1.807, 2.05) is 0 Å². The molecule has 1 spiro atoms. The Morgan fingerprint density at radius 2 is 1.42 bits per heavy atom. The number of benzene rings is 3. The third kappa shape index (κ3) is 6.08. The fourth-order valence-corrected chi connectivity index (χ4v) is 6.57. The zero-order chi connectivity index (χ0) is 30.4. The Hall–Kier alpha value is -4.00. The van der Waals surface area contributed by atoms with Gasteiger partial charge in [-0.1, -0.05) is 102 Å². The van der Waals surface area contributed by atoms with Crippen molar-refractivity contribution in [2.45, 2.75) is 102 Å². The van der Waals surface area contributed by atoms with Gasteiger partial charge >= 0.3 is 5.97 Å². The molecule has 0 aromatic heterocycles.